The summed E-state index contributed by atoms with van der Waals surface area (Å²) >= 11 is 0.957. The van der Waals surface area contributed by atoms with Gasteiger partial charge < -0.3 is 5.32 Å². The molecule has 1 aromatic rings. The van der Waals surface area contributed by atoms with Crippen molar-refractivity contribution in [3.63, 3.8) is 0 Å². The van der Waals surface area contributed by atoms with Gasteiger partial charge in [-0.3, -0.25) is 4.79 Å². The molecule has 0 saturated heterocycles. The van der Waals surface area contributed by atoms with Crippen LogP contribution in [0, 0.1) is 5.92 Å². The summed E-state index contributed by atoms with van der Waals surface area (Å²) in [5, 5.41) is 9.29. The van der Waals surface area contributed by atoms with Gasteiger partial charge >= 0.3 is 0 Å². The van der Waals surface area contributed by atoms with E-state index in [1.54, 1.807) is 0 Å². The minimum Gasteiger partial charge on any atom is -0.352 e. The van der Waals surface area contributed by atoms with Gasteiger partial charge in [-0.1, -0.05) is 26.7 Å². The maximum Gasteiger partial charge on any atom is 0.252 e. The summed E-state index contributed by atoms with van der Waals surface area (Å²) in [6, 6.07) is 1.31. The summed E-state index contributed by atoms with van der Waals surface area (Å²) in [6.07, 6.45) is 2.01. The number of carbonyl (C=O) groups is 1. The molecule has 1 rings (SSSR count). The van der Waals surface area contributed by atoms with Crippen LogP contribution in [0.4, 0.5) is 0 Å². The number of primary sulfonamides is 1. The van der Waals surface area contributed by atoms with E-state index < -0.39 is 10.0 Å². The lowest BCUT2D eigenvalue weighted by atomic mass is 10.0. The minimum absolute atomic E-state index is 0.00943. The van der Waals surface area contributed by atoms with Crippen LogP contribution in [0.15, 0.2) is 15.7 Å². The third kappa shape index (κ3) is 4.08. The molecule has 3 N–H and O–H groups in total. The van der Waals surface area contributed by atoms with E-state index in [-0.39, 0.29) is 10.1 Å². The Morgan fingerprint density at radius 1 is 1.44 bits per heavy atom. The zero-order chi connectivity index (χ0) is 13.8. The number of nitrogens with one attached hydrogen (secondary N) is 1. The average molecular weight is 290 g/mol. The van der Waals surface area contributed by atoms with E-state index in [0.29, 0.717) is 18.0 Å². The van der Waals surface area contributed by atoms with Crippen LogP contribution in [0.1, 0.15) is 37.0 Å². The third-order valence-corrected chi connectivity index (χ3v) is 5.21. The molecule has 0 spiro atoms. The largest absolute Gasteiger partial charge is 0.352 e. The maximum atomic E-state index is 11.8. The van der Waals surface area contributed by atoms with Crippen molar-refractivity contribution >= 4 is 27.3 Å². The summed E-state index contributed by atoms with van der Waals surface area (Å²) in [5.74, 6) is 0.193. The molecule has 1 amide bonds. The fourth-order valence-electron chi connectivity index (χ4n) is 1.50. The van der Waals surface area contributed by atoms with Crippen LogP contribution in [0.3, 0.4) is 0 Å². The van der Waals surface area contributed by atoms with Crippen molar-refractivity contribution in [1.82, 2.24) is 5.32 Å². The fraction of sp³-hybridized carbons (Fsp3) is 0.545. The predicted octanol–water partition coefficient (Wildman–Crippen LogP) is 1.56. The lowest BCUT2D eigenvalue weighted by molar-refractivity contribution is 0.0947. The van der Waals surface area contributed by atoms with Crippen molar-refractivity contribution in [2.45, 2.75) is 30.9 Å². The summed E-state index contributed by atoms with van der Waals surface area (Å²) in [6.45, 7) is 4.75. The number of nitrogens with two attached hydrogens (primary N) is 1. The Bertz CT molecular complexity index is 504. The molecule has 5 nitrogen and oxygen atoms in total. The van der Waals surface area contributed by atoms with Crippen molar-refractivity contribution in [1.29, 1.82) is 0 Å². The second-order valence-electron chi connectivity index (χ2n) is 4.09. The molecule has 102 valence electrons. The molecule has 0 radical (unpaired) electrons. The van der Waals surface area contributed by atoms with E-state index in [4.69, 9.17) is 5.14 Å². The van der Waals surface area contributed by atoms with Gasteiger partial charge in [-0.2, -0.15) is 0 Å². The molecular formula is C11H18N2O3S2. The van der Waals surface area contributed by atoms with Crippen LogP contribution in [0.2, 0.25) is 0 Å². The van der Waals surface area contributed by atoms with Crippen molar-refractivity contribution < 1.29 is 13.2 Å². The smallest absolute Gasteiger partial charge is 0.252 e. The van der Waals surface area contributed by atoms with Crippen molar-refractivity contribution in [2.75, 3.05) is 6.54 Å². The topological polar surface area (TPSA) is 89.3 Å². The average Bonchev–Trinajstić information content (AvgIpc) is 2.79. The normalized spacial score (nSPS) is 11.8. The molecule has 0 unspecified atom stereocenters. The molecule has 0 fully saturated rings. The van der Waals surface area contributed by atoms with Gasteiger partial charge in [0.15, 0.2) is 0 Å². The first-order valence-electron chi connectivity index (χ1n) is 5.78. The molecule has 0 atom stereocenters. The Balaban J connectivity index is 2.65. The van der Waals surface area contributed by atoms with Gasteiger partial charge in [-0.15, -0.1) is 11.3 Å². The van der Waals surface area contributed by atoms with Gasteiger partial charge in [0.25, 0.3) is 5.91 Å². The number of carbonyl (C=O) groups excluding carboxylic acids is 1. The number of rotatable bonds is 6. The van der Waals surface area contributed by atoms with E-state index >= 15 is 0 Å². The second kappa shape index (κ2) is 6.31. The maximum absolute atomic E-state index is 11.8. The second-order valence-corrected chi connectivity index (χ2v) is 6.79. The molecule has 0 bridgehead atoms. The van der Waals surface area contributed by atoms with Crippen LogP contribution in [0.5, 0.6) is 0 Å². The summed E-state index contributed by atoms with van der Waals surface area (Å²) in [4.78, 5) is 11.8. The van der Waals surface area contributed by atoms with Crippen LogP contribution >= 0.6 is 11.3 Å². The van der Waals surface area contributed by atoms with Crippen LogP contribution in [0.25, 0.3) is 0 Å². The lowest BCUT2D eigenvalue weighted by Gasteiger charge is -2.12. The van der Waals surface area contributed by atoms with E-state index in [1.807, 2.05) is 0 Å². The molecule has 1 aromatic heterocycles. The highest BCUT2D eigenvalue weighted by Gasteiger charge is 2.15. The molecule has 0 aliphatic carbocycles. The fourth-order valence-corrected chi connectivity index (χ4v) is 3.09. The molecule has 7 heteroatoms. The number of thiophene rings is 1. The first-order valence-corrected chi connectivity index (χ1v) is 8.20. The number of hydrogen-bond donors (Lipinski definition) is 2. The SMILES string of the molecule is CCC(CC)CNC(=O)c1csc(S(N)(=O)=O)c1. The van der Waals surface area contributed by atoms with E-state index in [2.05, 4.69) is 19.2 Å². The Morgan fingerprint density at radius 3 is 2.50 bits per heavy atom. The third-order valence-electron chi connectivity index (χ3n) is 2.82. The number of amides is 1. The standard InChI is InChI=1S/C11H18N2O3S2/c1-3-8(4-2)6-13-11(14)9-5-10(17-7-9)18(12,15)16/h5,7-8H,3-4,6H2,1-2H3,(H,13,14)(H2,12,15,16). The molecule has 0 aliphatic rings. The Kier molecular flexibility index (Phi) is 5.30. The monoisotopic (exact) mass is 290 g/mol. The predicted molar refractivity (Wildman–Crippen MR) is 72.1 cm³/mol. The van der Waals surface area contributed by atoms with Crippen LogP contribution in [-0.2, 0) is 10.0 Å². The van der Waals surface area contributed by atoms with Gasteiger partial charge in [0.05, 0.1) is 5.56 Å². The van der Waals surface area contributed by atoms with Crippen molar-refractivity contribution in [3.05, 3.63) is 17.0 Å². The quantitative estimate of drug-likeness (QED) is 0.833. The Morgan fingerprint density at radius 2 is 2.06 bits per heavy atom. The number of hydrogen-bond acceptors (Lipinski definition) is 4. The molecule has 0 aromatic carbocycles. The highest BCUT2D eigenvalue weighted by molar-refractivity contribution is 7.91. The first-order chi connectivity index (χ1) is 8.38. The van der Waals surface area contributed by atoms with Gasteiger partial charge in [0.1, 0.15) is 4.21 Å². The highest BCUT2D eigenvalue weighted by atomic mass is 32.2. The minimum atomic E-state index is -3.72. The Labute approximate surface area is 111 Å². The first kappa shape index (κ1) is 15.1. The van der Waals surface area contributed by atoms with Gasteiger partial charge in [0, 0.05) is 11.9 Å². The summed E-state index contributed by atoms with van der Waals surface area (Å²) in [5.41, 5.74) is 0.343. The Hall–Kier alpha value is -0.920. The molecule has 0 saturated carbocycles. The summed E-state index contributed by atoms with van der Waals surface area (Å²) < 4.78 is 22.2. The zero-order valence-corrected chi connectivity index (χ0v) is 12.1. The highest BCUT2D eigenvalue weighted by Crippen LogP contribution is 2.18. The van der Waals surface area contributed by atoms with E-state index in [0.717, 1.165) is 24.2 Å². The number of sulfonamides is 1. The lowest BCUT2D eigenvalue weighted by Crippen LogP contribution is -2.28. The molecular weight excluding hydrogens is 272 g/mol. The molecule has 1 heterocycles. The van der Waals surface area contributed by atoms with Crippen LogP contribution < -0.4 is 10.5 Å². The van der Waals surface area contributed by atoms with Gasteiger partial charge in [0.2, 0.25) is 10.0 Å². The summed E-state index contributed by atoms with van der Waals surface area (Å²) in [7, 11) is -3.72. The zero-order valence-electron chi connectivity index (χ0n) is 10.5. The van der Waals surface area contributed by atoms with Crippen molar-refractivity contribution in [3.8, 4) is 0 Å². The van der Waals surface area contributed by atoms with Gasteiger partial charge in [-0.25, -0.2) is 13.6 Å². The van der Waals surface area contributed by atoms with E-state index in [1.165, 1.54) is 11.4 Å². The van der Waals surface area contributed by atoms with E-state index in [9.17, 15) is 13.2 Å². The van der Waals surface area contributed by atoms with Gasteiger partial charge in [-0.05, 0) is 12.0 Å². The molecule has 0 aliphatic heterocycles. The van der Waals surface area contributed by atoms with Crippen molar-refractivity contribution in [2.24, 2.45) is 11.1 Å². The molecule has 18 heavy (non-hydrogen) atoms. The van der Waals surface area contributed by atoms with Crippen LogP contribution in [-0.4, -0.2) is 20.9 Å².